The van der Waals surface area contributed by atoms with E-state index >= 15 is 0 Å². The van der Waals surface area contributed by atoms with Crippen LogP contribution in [0.15, 0.2) is 57.8 Å². The van der Waals surface area contributed by atoms with E-state index in [0.717, 1.165) is 17.0 Å². The van der Waals surface area contributed by atoms with Crippen LogP contribution in [-0.4, -0.2) is 63.0 Å². The third-order valence-corrected chi connectivity index (χ3v) is 7.51. The molecular formula is C23H27N3O5S. The summed E-state index contributed by atoms with van der Waals surface area (Å²) < 4.78 is 44.1. The third-order valence-electron chi connectivity index (χ3n) is 5.61. The van der Waals surface area contributed by atoms with Crippen LogP contribution in [0.1, 0.15) is 11.5 Å². The number of methoxy groups -OCH3 is 2. The summed E-state index contributed by atoms with van der Waals surface area (Å²) in [5.74, 6) is 2.27. The molecule has 1 aliphatic rings. The Morgan fingerprint density at radius 2 is 1.66 bits per heavy atom. The van der Waals surface area contributed by atoms with Gasteiger partial charge in [-0.15, -0.1) is 0 Å². The summed E-state index contributed by atoms with van der Waals surface area (Å²) in [5.41, 5.74) is 1.81. The minimum Gasteiger partial charge on any atom is -0.493 e. The minimum absolute atomic E-state index is 0.198. The largest absolute Gasteiger partial charge is 0.493 e. The molecule has 8 nitrogen and oxygen atoms in total. The molecule has 1 fully saturated rings. The van der Waals surface area contributed by atoms with Crippen LogP contribution in [0.5, 0.6) is 11.5 Å². The Labute approximate surface area is 188 Å². The molecule has 0 bridgehead atoms. The van der Waals surface area contributed by atoms with Gasteiger partial charge < -0.3 is 13.9 Å². The second-order valence-corrected chi connectivity index (χ2v) is 9.52. The summed E-state index contributed by atoms with van der Waals surface area (Å²) in [4.78, 5) is 7.05. The van der Waals surface area contributed by atoms with Gasteiger partial charge in [-0.2, -0.15) is 4.31 Å². The Kier molecular flexibility index (Phi) is 6.50. The molecule has 1 aromatic heterocycles. The predicted octanol–water partition coefficient (Wildman–Crippen LogP) is 3.17. The number of benzene rings is 2. The van der Waals surface area contributed by atoms with Gasteiger partial charge in [0.1, 0.15) is 5.76 Å². The molecule has 0 spiro atoms. The van der Waals surface area contributed by atoms with Crippen molar-refractivity contribution in [1.29, 1.82) is 0 Å². The lowest BCUT2D eigenvalue weighted by Gasteiger charge is -2.33. The number of hydrogen-bond acceptors (Lipinski definition) is 7. The molecule has 32 heavy (non-hydrogen) atoms. The van der Waals surface area contributed by atoms with E-state index in [2.05, 4.69) is 9.88 Å². The van der Waals surface area contributed by atoms with Crippen molar-refractivity contribution in [2.75, 3.05) is 40.4 Å². The van der Waals surface area contributed by atoms with Crippen LogP contribution in [0.25, 0.3) is 11.5 Å². The van der Waals surface area contributed by atoms with Gasteiger partial charge in [0.25, 0.3) is 0 Å². The molecule has 2 aromatic carbocycles. The van der Waals surface area contributed by atoms with Crippen molar-refractivity contribution in [3.63, 3.8) is 0 Å². The molecule has 4 rings (SSSR count). The Bertz CT molecular complexity index is 1170. The first-order valence-corrected chi connectivity index (χ1v) is 11.8. The fourth-order valence-corrected chi connectivity index (χ4v) is 5.18. The predicted molar refractivity (Wildman–Crippen MR) is 120 cm³/mol. The molecule has 3 aromatic rings. The average molecular weight is 458 g/mol. The van der Waals surface area contributed by atoms with Crippen LogP contribution in [0.3, 0.4) is 0 Å². The molecule has 0 N–H and O–H groups in total. The van der Waals surface area contributed by atoms with Crippen LogP contribution in [0.2, 0.25) is 0 Å². The highest BCUT2D eigenvalue weighted by atomic mass is 32.2. The summed E-state index contributed by atoms with van der Waals surface area (Å²) in [6.45, 7) is 4.55. The zero-order valence-electron chi connectivity index (χ0n) is 18.4. The maximum atomic E-state index is 13.1. The van der Waals surface area contributed by atoms with Gasteiger partial charge in [0.2, 0.25) is 15.9 Å². The van der Waals surface area contributed by atoms with E-state index in [1.165, 1.54) is 24.6 Å². The summed E-state index contributed by atoms with van der Waals surface area (Å²) in [6, 6.07) is 14.5. The van der Waals surface area contributed by atoms with E-state index in [1.807, 2.05) is 37.3 Å². The van der Waals surface area contributed by atoms with Gasteiger partial charge in [0.15, 0.2) is 11.5 Å². The van der Waals surface area contributed by atoms with Crippen molar-refractivity contribution < 1.29 is 22.3 Å². The van der Waals surface area contributed by atoms with Gasteiger partial charge >= 0.3 is 0 Å². The smallest absolute Gasteiger partial charge is 0.243 e. The zero-order valence-corrected chi connectivity index (χ0v) is 19.3. The summed E-state index contributed by atoms with van der Waals surface area (Å²) in [5, 5.41) is 0. The molecule has 0 radical (unpaired) electrons. The SMILES string of the molecule is COc1ccc(S(=O)(=O)N2CCN(Cc3nc(-c4ccccc4)oc3C)CC2)cc1OC. The minimum atomic E-state index is -3.62. The highest BCUT2D eigenvalue weighted by molar-refractivity contribution is 7.89. The van der Waals surface area contributed by atoms with E-state index in [0.29, 0.717) is 50.1 Å². The number of nitrogens with zero attached hydrogens (tertiary/aromatic N) is 3. The van der Waals surface area contributed by atoms with Gasteiger partial charge in [-0.25, -0.2) is 13.4 Å². The number of sulfonamides is 1. The van der Waals surface area contributed by atoms with Gasteiger partial charge in [-0.1, -0.05) is 18.2 Å². The van der Waals surface area contributed by atoms with Crippen LogP contribution in [0, 0.1) is 6.92 Å². The van der Waals surface area contributed by atoms with Crippen LogP contribution >= 0.6 is 0 Å². The number of rotatable bonds is 7. The van der Waals surface area contributed by atoms with Crippen LogP contribution in [0.4, 0.5) is 0 Å². The van der Waals surface area contributed by atoms with E-state index in [-0.39, 0.29) is 4.90 Å². The molecule has 0 aliphatic carbocycles. The Balaban J connectivity index is 1.42. The average Bonchev–Trinajstić information content (AvgIpc) is 3.19. The van der Waals surface area contributed by atoms with Gasteiger partial charge in [-0.3, -0.25) is 4.90 Å². The summed E-state index contributed by atoms with van der Waals surface area (Å²) >= 11 is 0. The van der Waals surface area contributed by atoms with Crippen LogP contribution in [-0.2, 0) is 16.6 Å². The molecule has 0 atom stereocenters. The molecule has 0 amide bonds. The quantitative estimate of drug-likeness (QED) is 0.539. The maximum Gasteiger partial charge on any atom is 0.243 e. The molecule has 0 unspecified atom stereocenters. The number of aromatic nitrogens is 1. The molecule has 2 heterocycles. The fourth-order valence-electron chi connectivity index (χ4n) is 3.74. The van der Waals surface area contributed by atoms with E-state index in [1.54, 1.807) is 12.1 Å². The number of aryl methyl sites for hydroxylation is 1. The molecule has 1 saturated heterocycles. The molecule has 170 valence electrons. The lowest BCUT2D eigenvalue weighted by Crippen LogP contribution is -2.48. The first kappa shape index (κ1) is 22.3. The monoisotopic (exact) mass is 457 g/mol. The third kappa shape index (κ3) is 4.50. The first-order valence-electron chi connectivity index (χ1n) is 10.4. The summed E-state index contributed by atoms with van der Waals surface area (Å²) in [7, 11) is -0.612. The Morgan fingerprint density at radius 1 is 0.969 bits per heavy atom. The van der Waals surface area contributed by atoms with E-state index in [4.69, 9.17) is 13.9 Å². The van der Waals surface area contributed by atoms with Crippen molar-refractivity contribution in [2.24, 2.45) is 0 Å². The van der Waals surface area contributed by atoms with E-state index < -0.39 is 10.0 Å². The highest BCUT2D eigenvalue weighted by Gasteiger charge is 2.30. The van der Waals surface area contributed by atoms with E-state index in [9.17, 15) is 8.42 Å². The molecular weight excluding hydrogens is 430 g/mol. The summed E-state index contributed by atoms with van der Waals surface area (Å²) in [6.07, 6.45) is 0. The van der Waals surface area contributed by atoms with Gasteiger partial charge in [-0.05, 0) is 31.2 Å². The lowest BCUT2D eigenvalue weighted by molar-refractivity contribution is 0.179. The van der Waals surface area contributed by atoms with Crippen molar-refractivity contribution >= 4 is 10.0 Å². The topological polar surface area (TPSA) is 85.1 Å². The lowest BCUT2D eigenvalue weighted by atomic mass is 10.2. The second kappa shape index (κ2) is 9.32. The highest BCUT2D eigenvalue weighted by Crippen LogP contribution is 2.31. The Morgan fingerprint density at radius 3 is 2.31 bits per heavy atom. The van der Waals surface area contributed by atoms with Crippen molar-refractivity contribution in [1.82, 2.24) is 14.2 Å². The molecule has 0 saturated carbocycles. The number of hydrogen-bond donors (Lipinski definition) is 0. The standard InChI is InChI=1S/C23H27N3O5S/c1-17-20(24-23(31-17)18-7-5-4-6-8-18)16-25-11-13-26(14-12-25)32(27,28)19-9-10-21(29-2)22(15-19)30-3/h4-10,15H,11-14,16H2,1-3H3. The first-order chi connectivity index (χ1) is 15.4. The second-order valence-electron chi connectivity index (χ2n) is 7.58. The molecule has 9 heteroatoms. The molecule has 1 aliphatic heterocycles. The maximum absolute atomic E-state index is 13.1. The van der Waals surface area contributed by atoms with Gasteiger partial charge in [0, 0.05) is 44.4 Å². The number of oxazole rings is 1. The number of piperazine rings is 1. The fraction of sp³-hybridized carbons (Fsp3) is 0.348. The van der Waals surface area contributed by atoms with Gasteiger partial charge in [0.05, 0.1) is 24.8 Å². The normalized spacial score (nSPS) is 15.6. The van der Waals surface area contributed by atoms with Crippen LogP contribution < -0.4 is 9.47 Å². The Hall–Kier alpha value is -2.88. The van der Waals surface area contributed by atoms with Crippen molar-refractivity contribution in [3.05, 3.63) is 60.0 Å². The van der Waals surface area contributed by atoms with Crippen molar-refractivity contribution in [3.8, 4) is 23.0 Å². The zero-order chi connectivity index (χ0) is 22.7. The number of ether oxygens (including phenoxy) is 2. The van der Waals surface area contributed by atoms with Crippen molar-refractivity contribution in [2.45, 2.75) is 18.4 Å².